The highest BCUT2D eigenvalue weighted by Crippen LogP contribution is 2.42. The van der Waals surface area contributed by atoms with Gasteiger partial charge in [-0.05, 0) is 79.4 Å². The van der Waals surface area contributed by atoms with Crippen molar-refractivity contribution in [3.8, 4) is 0 Å². The van der Waals surface area contributed by atoms with Crippen LogP contribution in [0.3, 0.4) is 0 Å². The Morgan fingerprint density at radius 1 is 1.09 bits per heavy atom. The monoisotopic (exact) mass is 464 g/mol. The van der Waals surface area contributed by atoms with E-state index in [1.807, 2.05) is 50.2 Å². The predicted octanol–water partition coefficient (Wildman–Crippen LogP) is 6.57. The molecule has 2 atom stereocenters. The molecule has 3 aromatic rings. The predicted molar refractivity (Wildman–Crippen MR) is 130 cm³/mol. The Labute approximate surface area is 198 Å². The van der Waals surface area contributed by atoms with Crippen molar-refractivity contribution in [1.82, 2.24) is 0 Å². The molecule has 0 saturated heterocycles. The number of amides is 2. The summed E-state index contributed by atoms with van der Waals surface area (Å²) < 4.78 is 14.0. The second-order valence-electron chi connectivity index (χ2n) is 8.36. The number of aryl methyl sites for hydroxylation is 1. The third-order valence-corrected chi connectivity index (χ3v) is 6.46. The second-order valence-corrected chi connectivity index (χ2v) is 8.80. The van der Waals surface area contributed by atoms with Crippen LogP contribution in [-0.4, -0.2) is 17.9 Å². The van der Waals surface area contributed by atoms with Crippen LogP contribution in [0.5, 0.6) is 0 Å². The Kier molecular flexibility index (Phi) is 6.52. The van der Waals surface area contributed by atoms with Gasteiger partial charge in [-0.25, -0.2) is 4.39 Å². The smallest absolute Gasteiger partial charge is 0.258 e. The highest BCUT2D eigenvalue weighted by molar-refractivity contribution is 6.30. The molecule has 2 unspecified atom stereocenters. The van der Waals surface area contributed by atoms with Gasteiger partial charge in [0.2, 0.25) is 5.91 Å². The molecule has 4 nitrogen and oxygen atoms in total. The summed E-state index contributed by atoms with van der Waals surface area (Å²) in [5.41, 5.74) is 3.38. The molecule has 2 amide bonds. The summed E-state index contributed by atoms with van der Waals surface area (Å²) in [6, 6.07) is 19.0. The zero-order chi connectivity index (χ0) is 23.7. The minimum Gasteiger partial charge on any atom is -0.305 e. The van der Waals surface area contributed by atoms with Crippen molar-refractivity contribution >= 4 is 34.8 Å². The van der Waals surface area contributed by atoms with Gasteiger partial charge in [-0.3, -0.25) is 9.59 Å². The number of halogens is 2. The summed E-state index contributed by atoms with van der Waals surface area (Å²) in [5.74, 6) is -0.569. The van der Waals surface area contributed by atoms with E-state index in [9.17, 15) is 14.0 Å². The van der Waals surface area contributed by atoms with E-state index >= 15 is 0 Å². The Bertz CT molecular complexity index is 1190. The molecular formula is C27H26ClFN2O2. The van der Waals surface area contributed by atoms with Crippen molar-refractivity contribution in [2.24, 2.45) is 0 Å². The van der Waals surface area contributed by atoms with Gasteiger partial charge in [-0.1, -0.05) is 36.7 Å². The van der Waals surface area contributed by atoms with E-state index in [0.29, 0.717) is 29.0 Å². The van der Waals surface area contributed by atoms with Gasteiger partial charge in [0.15, 0.2) is 0 Å². The molecule has 0 bridgehead atoms. The van der Waals surface area contributed by atoms with E-state index in [1.165, 1.54) is 12.1 Å². The van der Waals surface area contributed by atoms with E-state index in [-0.39, 0.29) is 29.7 Å². The number of carbonyl (C=O) groups is 2. The van der Waals surface area contributed by atoms with Crippen LogP contribution in [0.15, 0.2) is 66.7 Å². The lowest BCUT2D eigenvalue weighted by atomic mass is 9.89. The molecule has 0 aliphatic carbocycles. The van der Waals surface area contributed by atoms with E-state index < -0.39 is 0 Å². The van der Waals surface area contributed by atoms with E-state index in [0.717, 1.165) is 16.9 Å². The zero-order valence-electron chi connectivity index (χ0n) is 18.9. The molecule has 1 aliphatic heterocycles. The number of hydrogen-bond donors (Lipinski definition) is 0. The normalized spacial score (nSPS) is 17.4. The van der Waals surface area contributed by atoms with E-state index in [4.69, 9.17) is 11.6 Å². The Balaban J connectivity index is 1.77. The summed E-state index contributed by atoms with van der Waals surface area (Å²) in [6.45, 7) is 5.39. The van der Waals surface area contributed by atoms with Crippen LogP contribution in [0, 0.1) is 5.82 Å². The highest BCUT2D eigenvalue weighted by Gasteiger charge is 2.38. The molecule has 1 heterocycles. The van der Waals surface area contributed by atoms with Crippen molar-refractivity contribution in [3.63, 3.8) is 0 Å². The fourth-order valence-electron chi connectivity index (χ4n) is 4.64. The molecule has 0 N–H and O–H groups in total. The van der Waals surface area contributed by atoms with Gasteiger partial charge in [0.1, 0.15) is 5.82 Å². The first-order valence-corrected chi connectivity index (χ1v) is 11.5. The van der Waals surface area contributed by atoms with Gasteiger partial charge in [0, 0.05) is 34.9 Å². The van der Waals surface area contributed by atoms with Gasteiger partial charge in [-0.2, -0.15) is 0 Å². The van der Waals surface area contributed by atoms with Crippen molar-refractivity contribution < 1.29 is 14.0 Å². The number of anilines is 2. The maximum Gasteiger partial charge on any atom is 0.258 e. The van der Waals surface area contributed by atoms with E-state index in [2.05, 4.69) is 0 Å². The average molecular weight is 465 g/mol. The molecule has 4 rings (SSSR count). The highest BCUT2D eigenvalue weighted by atomic mass is 35.5. The quantitative estimate of drug-likeness (QED) is 0.438. The van der Waals surface area contributed by atoms with Crippen molar-refractivity contribution in [1.29, 1.82) is 0 Å². The second kappa shape index (κ2) is 9.36. The van der Waals surface area contributed by atoms with E-state index in [1.54, 1.807) is 34.9 Å². The van der Waals surface area contributed by atoms with Crippen molar-refractivity contribution in [3.05, 3.63) is 94.3 Å². The molecule has 0 saturated carbocycles. The molecule has 0 radical (unpaired) electrons. The first kappa shape index (κ1) is 23.0. The lowest BCUT2D eigenvalue weighted by molar-refractivity contribution is -0.117. The lowest BCUT2D eigenvalue weighted by Gasteiger charge is -2.43. The summed E-state index contributed by atoms with van der Waals surface area (Å²) in [7, 11) is 0. The zero-order valence-corrected chi connectivity index (χ0v) is 19.6. The Morgan fingerprint density at radius 2 is 1.79 bits per heavy atom. The number of carbonyl (C=O) groups excluding carboxylic acids is 2. The number of rotatable bonds is 4. The van der Waals surface area contributed by atoms with Crippen LogP contribution in [0.1, 0.15) is 54.7 Å². The molecule has 33 heavy (non-hydrogen) atoms. The molecule has 6 heteroatoms. The van der Waals surface area contributed by atoms with Crippen LogP contribution in [0.2, 0.25) is 5.02 Å². The number of para-hydroxylation sites is 1. The lowest BCUT2D eigenvalue weighted by Crippen LogP contribution is -2.47. The summed E-state index contributed by atoms with van der Waals surface area (Å²) in [5, 5.41) is 0.599. The van der Waals surface area contributed by atoms with Crippen molar-refractivity contribution in [2.75, 3.05) is 9.80 Å². The molecule has 1 aliphatic rings. The molecule has 0 spiro atoms. The van der Waals surface area contributed by atoms with Gasteiger partial charge in [0.25, 0.3) is 5.91 Å². The van der Waals surface area contributed by atoms with Crippen LogP contribution < -0.4 is 9.80 Å². The third-order valence-electron chi connectivity index (χ3n) is 6.21. The SMILES string of the molecule is CCc1cc(C(=O)N2c3ccccc3C(N(C(C)=O)c3ccc(Cl)cc3)CC2C)ccc1F. The summed E-state index contributed by atoms with van der Waals surface area (Å²) in [6.07, 6.45) is 1.07. The third kappa shape index (κ3) is 4.38. The molecule has 0 fully saturated rings. The molecule has 170 valence electrons. The number of hydrogen-bond acceptors (Lipinski definition) is 2. The Hall–Kier alpha value is -3.18. The minimum absolute atomic E-state index is 0.0878. The van der Waals surface area contributed by atoms with Crippen LogP contribution in [-0.2, 0) is 11.2 Å². The maximum absolute atomic E-state index is 14.0. The molecular weight excluding hydrogens is 439 g/mol. The summed E-state index contributed by atoms with van der Waals surface area (Å²) >= 11 is 6.06. The van der Waals surface area contributed by atoms with Crippen LogP contribution in [0.25, 0.3) is 0 Å². The topological polar surface area (TPSA) is 40.6 Å². The largest absolute Gasteiger partial charge is 0.305 e. The van der Waals surface area contributed by atoms with Gasteiger partial charge < -0.3 is 9.80 Å². The Morgan fingerprint density at radius 3 is 2.45 bits per heavy atom. The number of fused-ring (bicyclic) bond motifs is 1. The standard InChI is InChI=1S/C27H26ClFN2O2/c1-4-19-16-20(9-14-24(19)29)27(33)30-17(2)15-26(23-7-5-6-8-25(23)30)31(18(3)32)22-12-10-21(28)11-13-22/h5-14,16-17,26H,4,15H2,1-3H3. The fourth-order valence-corrected chi connectivity index (χ4v) is 4.76. The minimum atomic E-state index is -0.304. The first-order valence-electron chi connectivity index (χ1n) is 11.1. The first-order chi connectivity index (χ1) is 15.8. The van der Waals surface area contributed by atoms with Gasteiger partial charge >= 0.3 is 0 Å². The van der Waals surface area contributed by atoms with Crippen LogP contribution in [0.4, 0.5) is 15.8 Å². The molecule has 3 aromatic carbocycles. The fraction of sp³-hybridized carbons (Fsp3) is 0.259. The van der Waals surface area contributed by atoms with Gasteiger partial charge in [-0.15, -0.1) is 0 Å². The van der Waals surface area contributed by atoms with Crippen LogP contribution >= 0.6 is 11.6 Å². The molecule has 0 aromatic heterocycles. The summed E-state index contributed by atoms with van der Waals surface area (Å²) in [4.78, 5) is 29.9. The average Bonchev–Trinajstić information content (AvgIpc) is 2.80. The maximum atomic E-state index is 14.0. The number of benzene rings is 3. The van der Waals surface area contributed by atoms with Gasteiger partial charge in [0.05, 0.1) is 6.04 Å². The number of nitrogens with zero attached hydrogens (tertiary/aromatic N) is 2. The van der Waals surface area contributed by atoms with Crippen molar-refractivity contribution in [2.45, 2.75) is 45.7 Å².